The molecule has 0 fully saturated rings. The lowest BCUT2D eigenvalue weighted by Crippen LogP contribution is -2.50. The van der Waals surface area contributed by atoms with Crippen LogP contribution in [0.2, 0.25) is 0 Å². The van der Waals surface area contributed by atoms with Crippen molar-refractivity contribution in [3.8, 4) is 0 Å². The second-order valence-electron chi connectivity index (χ2n) is 3.97. The molecule has 0 amide bonds. The van der Waals surface area contributed by atoms with E-state index >= 15 is 0 Å². The van der Waals surface area contributed by atoms with E-state index in [1.165, 1.54) is 0 Å². The largest absolute Gasteiger partial charge is 0.370 e. The summed E-state index contributed by atoms with van der Waals surface area (Å²) in [6.07, 6.45) is 1.08. The highest BCUT2D eigenvalue weighted by Crippen LogP contribution is 2.13. The zero-order chi connectivity index (χ0) is 10.8. The SMILES string of the molecule is CCCN(C)C1=NC(C)(C)N=C(N)N1. The fourth-order valence-corrected chi connectivity index (χ4v) is 1.37. The number of nitrogens with two attached hydrogens (primary N) is 1. The number of hydrogen-bond acceptors (Lipinski definition) is 5. The lowest BCUT2D eigenvalue weighted by Gasteiger charge is -2.29. The van der Waals surface area contributed by atoms with Gasteiger partial charge in [0, 0.05) is 13.6 Å². The molecule has 0 saturated carbocycles. The monoisotopic (exact) mass is 197 g/mol. The second kappa shape index (κ2) is 3.86. The molecule has 0 aromatic heterocycles. The van der Waals surface area contributed by atoms with Crippen LogP contribution in [0.15, 0.2) is 9.98 Å². The summed E-state index contributed by atoms with van der Waals surface area (Å²) in [5.41, 5.74) is 5.21. The van der Waals surface area contributed by atoms with Crippen molar-refractivity contribution in [3.63, 3.8) is 0 Å². The van der Waals surface area contributed by atoms with Gasteiger partial charge in [0.15, 0.2) is 11.6 Å². The van der Waals surface area contributed by atoms with Crippen molar-refractivity contribution in [2.75, 3.05) is 13.6 Å². The van der Waals surface area contributed by atoms with Gasteiger partial charge in [0.2, 0.25) is 5.96 Å². The summed E-state index contributed by atoms with van der Waals surface area (Å²) >= 11 is 0. The Morgan fingerprint density at radius 2 is 2.07 bits per heavy atom. The maximum absolute atomic E-state index is 5.67. The van der Waals surface area contributed by atoms with Crippen molar-refractivity contribution in [2.45, 2.75) is 32.9 Å². The first-order chi connectivity index (χ1) is 6.44. The Morgan fingerprint density at radius 3 is 2.57 bits per heavy atom. The fourth-order valence-electron chi connectivity index (χ4n) is 1.37. The molecule has 3 N–H and O–H groups in total. The summed E-state index contributed by atoms with van der Waals surface area (Å²) in [5.74, 6) is 1.23. The minimum Gasteiger partial charge on any atom is -0.370 e. The van der Waals surface area contributed by atoms with Crippen LogP contribution in [0.1, 0.15) is 27.2 Å². The van der Waals surface area contributed by atoms with Gasteiger partial charge in [0.1, 0.15) is 0 Å². The van der Waals surface area contributed by atoms with Crippen molar-refractivity contribution >= 4 is 11.9 Å². The predicted octanol–water partition coefficient (Wildman–Crippen LogP) is 0.338. The van der Waals surface area contributed by atoms with Crippen LogP contribution in [-0.4, -0.2) is 36.1 Å². The number of nitrogens with one attached hydrogen (secondary N) is 1. The molecule has 80 valence electrons. The molecule has 5 heteroatoms. The van der Waals surface area contributed by atoms with E-state index in [9.17, 15) is 0 Å². The van der Waals surface area contributed by atoms with E-state index in [1.54, 1.807) is 0 Å². The highest BCUT2D eigenvalue weighted by Gasteiger charge is 2.23. The third-order valence-corrected chi connectivity index (χ3v) is 1.93. The number of hydrogen-bond donors (Lipinski definition) is 2. The standard InChI is InChI=1S/C9H19N5/c1-5-6-14(4)8-11-7(10)12-9(2,3)13-8/h5-6H2,1-4H3,(H3,10,11,12,13). The molecule has 0 radical (unpaired) electrons. The van der Waals surface area contributed by atoms with Crippen LogP contribution < -0.4 is 11.1 Å². The molecular weight excluding hydrogens is 178 g/mol. The summed E-state index contributed by atoms with van der Waals surface area (Å²) in [4.78, 5) is 10.7. The van der Waals surface area contributed by atoms with Crippen LogP contribution in [0.25, 0.3) is 0 Å². The predicted molar refractivity (Wildman–Crippen MR) is 59.2 cm³/mol. The van der Waals surface area contributed by atoms with Gasteiger partial charge in [-0.15, -0.1) is 0 Å². The quantitative estimate of drug-likeness (QED) is 0.671. The van der Waals surface area contributed by atoms with Gasteiger partial charge < -0.3 is 10.6 Å². The first-order valence-corrected chi connectivity index (χ1v) is 4.88. The molecule has 0 saturated heterocycles. The summed E-state index contributed by atoms with van der Waals surface area (Å²) in [7, 11) is 1.99. The lowest BCUT2D eigenvalue weighted by atomic mass is 10.2. The van der Waals surface area contributed by atoms with Gasteiger partial charge >= 0.3 is 0 Å². The normalized spacial score (nSPS) is 19.4. The number of rotatable bonds is 2. The van der Waals surface area contributed by atoms with Gasteiger partial charge in [-0.1, -0.05) is 6.92 Å². The van der Waals surface area contributed by atoms with Crippen molar-refractivity contribution in [2.24, 2.45) is 15.7 Å². The average molecular weight is 197 g/mol. The molecule has 0 atom stereocenters. The maximum Gasteiger partial charge on any atom is 0.202 e. The van der Waals surface area contributed by atoms with Crippen molar-refractivity contribution in [1.29, 1.82) is 0 Å². The van der Waals surface area contributed by atoms with Crippen LogP contribution in [0, 0.1) is 0 Å². The molecule has 0 bridgehead atoms. The lowest BCUT2D eigenvalue weighted by molar-refractivity contribution is 0.455. The molecule has 14 heavy (non-hydrogen) atoms. The second-order valence-corrected chi connectivity index (χ2v) is 3.97. The molecule has 1 rings (SSSR count). The molecule has 0 aromatic carbocycles. The van der Waals surface area contributed by atoms with E-state index in [-0.39, 0.29) is 0 Å². The highest BCUT2D eigenvalue weighted by atomic mass is 15.4. The zero-order valence-electron chi connectivity index (χ0n) is 9.33. The minimum absolute atomic E-state index is 0.433. The van der Waals surface area contributed by atoms with Gasteiger partial charge in [-0.2, -0.15) is 0 Å². The Hall–Kier alpha value is -1.26. The Labute approximate surface area is 85.1 Å². The fraction of sp³-hybridized carbons (Fsp3) is 0.778. The summed E-state index contributed by atoms with van der Waals surface area (Å²) < 4.78 is 0. The minimum atomic E-state index is -0.452. The number of aliphatic imine (C=N–C) groups is 2. The summed E-state index contributed by atoms with van der Waals surface area (Å²) in [5, 5.41) is 2.96. The van der Waals surface area contributed by atoms with Gasteiger partial charge in [-0.05, 0) is 20.3 Å². The maximum atomic E-state index is 5.67. The van der Waals surface area contributed by atoms with E-state index in [0.717, 1.165) is 18.9 Å². The van der Waals surface area contributed by atoms with Crippen LogP contribution in [0.3, 0.4) is 0 Å². The Balaban J connectivity index is 2.76. The zero-order valence-corrected chi connectivity index (χ0v) is 9.33. The van der Waals surface area contributed by atoms with Gasteiger partial charge in [0.25, 0.3) is 0 Å². The summed E-state index contributed by atoms with van der Waals surface area (Å²) in [6, 6.07) is 0. The van der Waals surface area contributed by atoms with Crippen LogP contribution in [0.4, 0.5) is 0 Å². The van der Waals surface area contributed by atoms with Crippen molar-refractivity contribution in [3.05, 3.63) is 0 Å². The van der Waals surface area contributed by atoms with Crippen LogP contribution in [0.5, 0.6) is 0 Å². The Morgan fingerprint density at radius 1 is 1.43 bits per heavy atom. The number of nitrogens with zero attached hydrogens (tertiary/aromatic N) is 3. The van der Waals surface area contributed by atoms with Crippen LogP contribution >= 0.6 is 0 Å². The third kappa shape index (κ3) is 2.61. The Bertz CT molecular complexity index is 266. The van der Waals surface area contributed by atoms with E-state index < -0.39 is 5.66 Å². The first-order valence-electron chi connectivity index (χ1n) is 4.88. The molecule has 1 heterocycles. The van der Waals surface area contributed by atoms with E-state index in [4.69, 9.17) is 5.73 Å². The molecule has 0 aliphatic carbocycles. The molecule has 0 unspecified atom stereocenters. The van der Waals surface area contributed by atoms with Gasteiger partial charge in [0.05, 0.1) is 0 Å². The van der Waals surface area contributed by atoms with E-state index in [0.29, 0.717) is 5.96 Å². The first kappa shape index (κ1) is 10.8. The van der Waals surface area contributed by atoms with E-state index in [1.807, 2.05) is 25.8 Å². The summed E-state index contributed by atoms with van der Waals surface area (Å²) in [6.45, 7) is 6.94. The highest BCUT2D eigenvalue weighted by molar-refractivity contribution is 5.99. The smallest absolute Gasteiger partial charge is 0.202 e. The number of guanidine groups is 2. The van der Waals surface area contributed by atoms with Crippen LogP contribution in [-0.2, 0) is 0 Å². The molecule has 5 nitrogen and oxygen atoms in total. The topological polar surface area (TPSA) is 66.0 Å². The average Bonchev–Trinajstić information content (AvgIpc) is 2.00. The molecule has 1 aliphatic rings. The van der Waals surface area contributed by atoms with Gasteiger partial charge in [-0.25, -0.2) is 9.98 Å². The molecule has 0 aromatic rings. The molecular formula is C9H19N5. The Kier molecular flexibility index (Phi) is 2.98. The third-order valence-electron chi connectivity index (χ3n) is 1.93. The van der Waals surface area contributed by atoms with Crippen molar-refractivity contribution in [1.82, 2.24) is 10.2 Å². The van der Waals surface area contributed by atoms with Crippen molar-refractivity contribution < 1.29 is 0 Å². The van der Waals surface area contributed by atoms with Gasteiger partial charge in [-0.3, -0.25) is 5.32 Å². The molecule has 0 spiro atoms. The van der Waals surface area contributed by atoms with E-state index in [2.05, 4.69) is 22.2 Å². The molecule has 1 aliphatic heterocycles.